The number of carboxylic acids is 1. The van der Waals surface area contributed by atoms with Gasteiger partial charge in [-0.25, -0.2) is 4.79 Å². The minimum Gasteiger partial charge on any atom is -0.478 e. The van der Waals surface area contributed by atoms with Gasteiger partial charge in [-0.3, -0.25) is 14.5 Å². The van der Waals surface area contributed by atoms with E-state index in [2.05, 4.69) is 20.4 Å². The number of halogens is 1. The van der Waals surface area contributed by atoms with E-state index in [1.807, 2.05) is 13.8 Å². The van der Waals surface area contributed by atoms with Crippen LogP contribution in [0.5, 0.6) is 0 Å². The molecule has 1 aliphatic heterocycles. The molecule has 170 valence electrons. The number of piperazine rings is 1. The lowest BCUT2D eigenvalue weighted by Crippen LogP contribution is -2.50. The van der Waals surface area contributed by atoms with Crippen molar-refractivity contribution in [2.75, 3.05) is 42.9 Å². The third-order valence-corrected chi connectivity index (χ3v) is 5.47. The van der Waals surface area contributed by atoms with Crippen molar-refractivity contribution in [3.63, 3.8) is 0 Å². The first kappa shape index (κ1) is 23.6. The molecule has 2 aromatic rings. The summed E-state index contributed by atoms with van der Waals surface area (Å²) in [4.78, 5) is 40.5. The van der Waals surface area contributed by atoms with Gasteiger partial charge < -0.3 is 20.6 Å². The molecule has 2 amide bonds. The van der Waals surface area contributed by atoms with Crippen molar-refractivity contribution < 1.29 is 19.5 Å². The zero-order valence-electron chi connectivity index (χ0n) is 18.1. The smallest absolute Gasteiger partial charge is 0.335 e. The summed E-state index contributed by atoms with van der Waals surface area (Å²) in [7, 11) is 0. The van der Waals surface area contributed by atoms with E-state index in [-0.39, 0.29) is 17.5 Å². The van der Waals surface area contributed by atoms with E-state index < -0.39 is 11.9 Å². The van der Waals surface area contributed by atoms with Crippen molar-refractivity contribution in [3.05, 3.63) is 58.6 Å². The summed E-state index contributed by atoms with van der Waals surface area (Å²) in [5.41, 5.74) is 1.51. The molecule has 0 aliphatic carbocycles. The Bertz CT molecular complexity index is 1000. The van der Waals surface area contributed by atoms with E-state index >= 15 is 0 Å². The van der Waals surface area contributed by atoms with Crippen molar-refractivity contribution in [3.8, 4) is 0 Å². The number of nitrogens with zero attached hydrogens (tertiary/aromatic N) is 2. The Balaban J connectivity index is 1.75. The average Bonchev–Trinajstić information content (AvgIpc) is 2.74. The summed E-state index contributed by atoms with van der Waals surface area (Å²) >= 11 is 6.14. The lowest BCUT2D eigenvalue weighted by molar-refractivity contribution is -0.122. The summed E-state index contributed by atoms with van der Waals surface area (Å²) in [5, 5.41) is 15.4. The lowest BCUT2D eigenvalue weighted by Gasteiger charge is -2.36. The van der Waals surface area contributed by atoms with Crippen LogP contribution in [0.25, 0.3) is 0 Å². The second-order valence-corrected chi connectivity index (χ2v) is 8.36. The van der Waals surface area contributed by atoms with Crippen LogP contribution >= 0.6 is 11.6 Å². The standard InChI is InChI=1S/C23H27ClN4O4/c1-15(2)25-21(29)14-27-9-11-28(12-10-27)20-8-7-16(23(31)32)13-19(20)26-22(30)17-5-3-4-6-18(17)24/h3-8,13,15H,9-12,14H2,1-2H3,(H,25,29)(H,26,30)(H,31,32). The van der Waals surface area contributed by atoms with E-state index in [0.717, 1.165) is 5.69 Å². The van der Waals surface area contributed by atoms with E-state index in [4.69, 9.17) is 11.6 Å². The molecule has 0 spiro atoms. The van der Waals surface area contributed by atoms with E-state index in [1.165, 1.54) is 12.1 Å². The van der Waals surface area contributed by atoms with Crippen LogP contribution in [0.3, 0.4) is 0 Å². The van der Waals surface area contributed by atoms with Gasteiger partial charge in [0, 0.05) is 32.2 Å². The Morgan fingerprint density at radius 1 is 1.06 bits per heavy atom. The van der Waals surface area contributed by atoms with Crippen LogP contribution in [0.1, 0.15) is 34.6 Å². The quantitative estimate of drug-likeness (QED) is 0.589. The molecule has 1 heterocycles. The molecule has 0 aromatic heterocycles. The molecule has 8 nitrogen and oxygen atoms in total. The molecule has 32 heavy (non-hydrogen) atoms. The fraction of sp³-hybridized carbons (Fsp3) is 0.348. The first-order valence-electron chi connectivity index (χ1n) is 10.4. The highest BCUT2D eigenvalue weighted by atomic mass is 35.5. The number of carboxylic acid groups (broad SMARTS) is 1. The van der Waals surface area contributed by atoms with E-state index in [9.17, 15) is 19.5 Å². The van der Waals surface area contributed by atoms with Crippen LogP contribution < -0.4 is 15.5 Å². The van der Waals surface area contributed by atoms with Gasteiger partial charge in [-0.05, 0) is 44.2 Å². The van der Waals surface area contributed by atoms with Gasteiger partial charge >= 0.3 is 5.97 Å². The Morgan fingerprint density at radius 2 is 1.75 bits per heavy atom. The molecule has 0 radical (unpaired) electrons. The lowest BCUT2D eigenvalue weighted by atomic mass is 10.1. The van der Waals surface area contributed by atoms with Gasteiger partial charge in [0.1, 0.15) is 0 Å². The van der Waals surface area contributed by atoms with Crippen molar-refractivity contribution in [1.29, 1.82) is 0 Å². The number of amides is 2. The molecule has 9 heteroatoms. The summed E-state index contributed by atoms with van der Waals surface area (Å²) in [6.07, 6.45) is 0. The molecule has 3 rings (SSSR count). The zero-order valence-corrected chi connectivity index (χ0v) is 18.9. The normalized spacial score (nSPS) is 14.3. The van der Waals surface area contributed by atoms with Gasteiger partial charge in [-0.2, -0.15) is 0 Å². The second kappa shape index (κ2) is 10.5. The van der Waals surface area contributed by atoms with Crippen molar-refractivity contribution in [2.45, 2.75) is 19.9 Å². The average molecular weight is 459 g/mol. The fourth-order valence-electron chi connectivity index (χ4n) is 3.60. The van der Waals surface area contributed by atoms with Gasteiger partial charge in [0.15, 0.2) is 0 Å². The Hall–Kier alpha value is -3.10. The van der Waals surface area contributed by atoms with Crippen LogP contribution in [0.15, 0.2) is 42.5 Å². The highest BCUT2D eigenvalue weighted by Crippen LogP contribution is 2.29. The van der Waals surface area contributed by atoms with Crippen molar-refractivity contribution in [2.24, 2.45) is 0 Å². The number of carbonyl (C=O) groups is 3. The maximum absolute atomic E-state index is 12.8. The van der Waals surface area contributed by atoms with Crippen LogP contribution in [0, 0.1) is 0 Å². The molecule has 0 bridgehead atoms. The number of anilines is 2. The van der Waals surface area contributed by atoms with Crippen molar-refractivity contribution in [1.82, 2.24) is 10.2 Å². The number of rotatable bonds is 7. The molecule has 1 fully saturated rings. The molecule has 0 saturated carbocycles. The minimum absolute atomic E-state index is 0.00745. The fourth-order valence-corrected chi connectivity index (χ4v) is 3.82. The Kier molecular flexibility index (Phi) is 7.71. The summed E-state index contributed by atoms with van der Waals surface area (Å²) in [6, 6.07) is 11.5. The predicted octanol–water partition coefficient (Wildman–Crippen LogP) is 2.94. The molecular formula is C23H27ClN4O4. The molecule has 2 aromatic carbocycles. The summed E-state index contributed by atoms with van der Waals surface area (Å²) in [6.45, 7) is 6.80. The molecule has 0 atom stereocenters. The third kappa shape index (κ3) is 5.99. The molecule has 3 N–H and O–H groups in total. The van der Waals surface area contributed by atoms with Gasteiger partial charge in [-0.1, -0.05) is 23.7 Å². The molecule has 1 saturated heterocycles. The monoisotopic (exact) mass is 458 g/mol. The zero-order chi connectivity index (χ0) is 23.3. The Morgan fingerprint density at radius 3 is 2.38 bits per heavy atom. The second-order valence-electron chi connectivity index (χ2n) is 7.96. The topological polar surface area (TPSA) is 102 Å². The SMILES string of the molecule is CC(C)NC(=O)CN1CCN(c2ccc(C(=O)O)cc2NC(=O)c2ccccc2Cl)CC1. The summed E-state index contributed by atoms with van der Waals surface area (Å²) < 4.78 is 0. The number of carbonyl (C=O) groups excluding carboxylic acids is 2. The number of hydrogen-bond acceptors (Lipinski definition) is 5. The van der Waals surface area contributed by atoms with Crippen LogP contribution in [0.4, 0.5) is 11.4 Å². The third-order valence-electron chi connectivity index (χ3n) is 5.14. The van der Waals surface area contributed by atoms with Gasteiger partial charge in [-0.15, -0.1) is 0 Å². The number of nitrogens with one attached hydrogen (secondary N) is 2. The van der Waals surface area contributed by atoms with Crippen molar-refractivity contribution >= 4 is 40.8 Å². The first-order valence-corrected chi connectivity index (χ1v) is 10.8. The van der Waals surface area contributed by atoms with Crippen LogP contribution in [-0.2, 0) is 4.79 Å². The van der Waals surface area contributed by atoms with Gasteiger partial charge in [0.25, 0.3) is 5.91 Å². The summed E-state index contributed by atoms with van der Waals surface area (Å²) in [5.74, 6) is -1.50. The number of aromatic carboxylic acids is 1. The highest BCUT2D eigenvalue weighted by molar-refractivity contribution is 6.34. The minimum atomic E-state index is -1.08. The number of hydrogen-bond donors (Lipinski definition) is 3. The predicted molar refractivity (Wildman–Crippen MR) is 125 cm³/mol. The molecule has 0 unspecified atom stereocenters. The Labute approximate surface area is 192 Å². The largest absolute Gasteiger partial charge is 0.478 e. The van der Waals surface area contributed by atoms with Gasteiger partial charge in [0.05, 0.1) is 34.1 Å². The van der Waals surface area contributed by atoms with E-state index in [1.54, 1.807) is 30.3 Å². The highest BCUT2D eigenvalue weighted by Gasteiger charge is 2.23. The maximum atomic E-state index is 12.8. The number of benzene rings is 2. The maximum Gasteiger partial charge on any atom is 0.335 e. The van der Waals surface area contributed by atoms with Gasteiger partial charge in [0.2, 0.25) is 5.91 Å². The van der Waals surface area contributed by atoms with Crippen LogP contribution in [0.2, 0.25) is 5.02 Å². The molecular weight excluding hydrogens is 432 g/mol. The first-order chi connectivity index (χ1) is 15.2. The van der Waals surface area contributed by atoms with E-state index in [0.29, 0.717) is 49.0 Å². The van der Waals surface area contributed by atoms with Crippen LogP contribution in [-0.4, -0.2) is 66.6 Å². The molecule has 1 aliphatic rings.